The van der Waals surface area contributed by atoms with Crippen molar-refractivity contribution in [2.45, 2.75) is 35.3 Å². The van der Waals surface area contributed by atoms with Crippen LogP contribution in [-0.4, -0.2) is 83.9 Å². The second kappa shape index (κ2) is 13.3. The molecule has 0 spiro atoms. The van der Waals surface area contributed by atoms with E-state index in [4.69, 9.17) is 24.0 Å². The molecule has 3 atom stereocenters. The van der Waals surface area contributed by atoms with E-state index < -0.39 is 33.8 Å². The first-order valence-electron chi connectivity index (χ1n) is 15.1. The van der Waals surface area contributed by atoms with E-state index in [2.05, 4.69) is 52.5 Å². The fourth-order valence-corrected chi connectivity index (χ4v) is 12.1. The zero-order valence-corrected chi connectivity index (χ0v) is 30.3. The molecular weight excluding hydrogens is 715 g/mol. The molecule has 1 saturated heterocycles. The van der Waals surface area contributed by atoms with Crippen LogP contribution < -0.4 is 0 Å². The number of thiophene rings is 1. The normalized spacial score (nSPS) is 22.8. The molecule has 11 heteroatoms. The minimum atomic E-state index is -1.28. The van der Waals surface area contributed by atoms with Crippen molar-refractivity contribution in [3.05, 3.63) is 95.2 Å². The molecule has 2 fully saturated rings. The molecule has 2 aliphatic heterocycles. The fraction of sp³-hybridized carbons (Fsp3) is 0.364. The second-order valence-corrected chi connectivity index (χ2v) is 18.6. The number of likely N-dealkylation sites (N-methyl/N-ethyl adjacent to an activating group) is 1. The molecule has 7 nitrogen and oxygen atoms in total. The van der Waals surface area contributed by atoms with Gasteiger partial charge in [-0.15, -0.1) is 11.3 Å². The van der Waals surface area contributed by atoms with Crippen molar-refractivity contribution in [2.75, 3.05) is 33.2 Å². The van der Waals surface area contributed by atoms with E-state index in [-0.39, 0.29) is 5.41 Å². The number of hydrogen-bond donors (Lipinski definition) is 0. The third-order valence-corrected chi connectivity index (χ3v) is 14.8. The molecule has 0 radical (unpaired) electrons. The molecule has 4 heterocycles. The summed E-state index contributed by atoms with van der Waals surface area (Å²) in [5, 5.41) is 4.77. The van der Waals surface area contributed by atoms with E-state index in [1.54, 1.807) is 6.26 Å². The van der Waals surface area contributed by atoms with Crippen LogP contribution in [-0.2, 0) is 25.7 Å². The van der Waals surface area contributed by atoms with Crippen LogP contribution in [0.3, 0.4) is 0 Å². The Morgan fingerprint density at radius 1 is 1.11 bits per heavy atom. The van der Waals surface area contributed by atoms with Crippen LogP contribution in [0, 0.1) is 11.8 Å². The van der Waals surface area contributed by atoms with Crippen molar-refractivity contribution in [1.29, 1.82) is 0 Å². The van der Waals surface area contributed by atoms with Gasteiger partial charge >= 0.3 is 201 Å². The van der Waals surface area contributed by atoms with Crippen LogP contribution in [0.2, 0.25) is 5.02 Å². The number of hydrogen-bond acceptors (Lipinski definition) is 7. The summed E-state index contributed by atoms with van der Waals surface area (Å²) < 4.78 is 29.0. The van der Waals surface area contributed by atoms with Crippen LogP contribution in [0.25, 0.3) is 10.6 Å². The van der Waals surface area contributed by atoms with Gasteiger partial charge in [0.25, 0.3) is 0 Å². The number of aromatic nitrogens is 1. The van der Waals surface area contributed by atoms with Gasteiger partial charge in [0.2, 0.25) is 0 Å². The molecule has 1 unspecified atom stereocenters. The smallest absolute Gasteiger partial charge is 0.364 e. The van der Waals surface area contributed by atoms with E-state index in [0.29, 0.717) is 18.4 Å². The molecule has 2 aromatic heterocycles. The van der Waals surface area contributed by atoms with Crippen LogP contribution in [0.4, 0.5) is 0 Å². The molecule has 226 valence electrons. The van der Waals surface area contributed by atoms with Crippen LogP contribution in [0.1, 0.15) is 30.4 Å². The van der Waals surface area contributed by atoms with Crippen molar-refractivity contribution < 1.29 is 11.6 Å². The number of rotatable bonds is 11. The number of piperidine rings is 1. The predicted molar refractivity (Wildman–Crippen MR) is 179 cm³/mol. The molecular formula is C33H34ClInN4O3S2. The van der Waals surface area contributed by atoms with Gasteiger partial charge in [-0.05, 0) is 18.2 Å². The monoisotopic (exact) mass is 748 g/mol. The van der Waals surface area contributed by atoms with Gasteiger partial charge in [0.05, 0.1) is 4.88 Å². The Balaban J connectivity index is 0.981. The molecule has 3 aliphatic rings. The van der Waals surface area contributed by atoms with E-state index in [0.717, 1.165) is 71.0 Å². The summed E-state index contributed by atoms with van der Waals surface area (Å²) in [7, 11) is 0.690. The zero-order valence-electron chi connectivity index (χ0n) is 24.6. The first kappa shape index (κ1) is 30.6. The summed E-state index contributed by atoms with van der Waals surface area (Å²) in [6.45, 7) is 3.84. The predicted octanol–water partition coefficient (Wildman–Crippen LogP) is 6.10. The molecule has 0 bridgehead atoms. The third-order valence-electron chi connectivity index (χ3n) is 9.08. The first-order chi connectivity index (χ1) is 21.5. The van der Waals surface area contributed by atoms with Crippen molar-refractivity contribution in [3.8, 4) is 10.6 Å². The third kappa shape index (κ3) is 6.71. The molecule has 1 aliphatic carbocycles. The van der Waals surface area contributed by atoms with Crippen molar-refractivity contribution in [3.63, 3.8) is 0 Å². The Morgan fingerprint density at radius 3 is 2.73 bits per heavy atom. The Hall–Kier alpha value is -2.08. The van der Waals surface area contributed by atoms with Gasteiger partial charge in [0.15, 0.2) is 0 Å². The average molecular weight is 749 g/mol. The summed E-state index contributed by atoms with van der Waals surface area (Å²) >= 11 is 6.74. The van der Waals surface area contributed by atoms with Gasteiger partial charge in [-0.25, -0.2) is 4.21 Å². The summed E-state index contributed by atoms with van der Waals surface area (Å²) in [5.41, 5.74) is 3.25. The van der Waals surface area contributed by atoms with Crippen LogP contribution in [0.5, 0.6) is 0 Å². The van der Waals surface area contributed by atoms with Crippen molar-refractivity contribution in [2.24, 2.45) is 16.8 Å². The molecule has 44 heavy (non-hydrogen) atoms. The minimum Gasteiger partial charge on any atom is -0.364 e. The van der Waals surface area contributed by atoms with E-state index in [1.165, 1.54) is 25.8 Å². The number of benzene rings is 2. The van der Waals surface area contributed by atoms with Crippen LogP contribution in [0.15, 0.2) is 92.8 Å². The summed E-state index contributed by atoms with van der Waals surface area (Å²) in [6.07, 6.45) is 5.74. The summed E-state index contributed by atoms with van der Waals surface area (Å²) in [5.74, 6) is 1.93. The van der Waals surface area contributed by atoms with E-state index >= 15 is 0 Å². The molecule has 0 amide bonds. The molecule has 0 N–H and O–H groups in total. The van der Waals surface area contributed by atoms with Crippen LogP contribution >= 0.6 is 22.9 Å². The molecule has 1 saturated carbocycles. The van der Waals surface area contributed by atoms with Gasteiger partial charge in [-0.2, -0.15) is 0 Å². The average Bonchev–Trinajstić information content (AvgIpc) is 3.56. The van der Waals surface area contributed by atoms with Gasteiger partial charge < -0.3 is 4.52 Å². The van der Waals surface area contributed by atoms with E-state index in [1.807, 2.05) is 41.7 Å². The van der Waals surface area contributed by atoms with Crippen molar-refractivity contribution in [1.82, 2.24) is 14.4 Å². The van der Waals surface area contributed by atoms with Crippen molar-refractivity contribution >= 4 is 66.1 Å². The maximum atomic E-state index is 13.7. The quantitative estimate of drug-likeness (QED) is 0.186. The SMILES string of the molecule is CN(C[C@@]1(c2cccc(Cl)c2)C[C@H]1CN1CCC(C2=N[C](Cc3ccccc3)=[In][O]2)CC1)S(=O)c1ccc(-c2ccon2)s1. The topological polar surface area (TPSA) is 71.2 Å². The fourth-order valence-electron chi connectivity index (χ4n) is 6.63. The minimum absolute atomic E-state index is 0.0774. The number of aliphatic imine (C=N–C) groups is 1. The number of halogens is 1. The van der Waals surface area contributed by atoms with Gasteiger partial charge in [0.1, 0.15) is 16.2 Å². The van der Waals surface area contributed by atoms with Gasteiger partial charge in [0, 0.05) is 6.07 Å². The Labute approximate surface area is 281 Å². The van der Waals surface area contributed by atoms with Gasteiger partial charge in [-0.1, -0.05) is 16.8 Å². The molecule has 4 aromatic rings. The Bertz CT molecular complexity index is 1690. The second-order valence-electron chi connectivity index (χ2n) is 12.0. The van der Waals surface area contributed by atoms with Gasteiger partial charge in [-0.3, -0.25) is 0 Å². The zero-order chi connectivity index (χ0) is 30.1. The number of nitrogens with zero attached hydrogens (tertiary/aromatic N) is 4. The number of likely N-dealkylation sites (tertiary alicyclic amines) is 1. The summed E-state index contributed by atoms with van der Waals surface area (Å²) in [6, 6.07) is 24.6. The summed E-state index contributed by atoms with van der Waals surface area (Å²) in [4.78, 5) is 8.55. The standard InChI is InChI=1S/C33H35ClN4O3S2.In/c1-37(43(40)31-11-10-30(42-31)29-15-19-41-36-29)23-33(26-8-5-9-28(34)20-26)21-27(33)22-38-17-13-25(14-18-38)32(39)35-16-12-24-6-3-2-4-7-24;/h2-11,15,19-20,25,27,39H,12-14,17-18,21-23H2,1H3;/q;+1/p-1/t27-,33+,43?;/m0./s1. The molecule has 2 aromatic carbocycles. The Kier molecular flexibility index (Phi) is 9.27. The van der Waals surface area contributed by atoms with E-state index in [9.17, 15) is 4.21 Å². The first-order valence-corrected chi connectivity index (χ1v) is 20.4. The maximum absolute atomic E-state index is 13.7. The Morgan fingerprint density at radius 2 is 1.95 bits per heavy atom. The molecule has 7 rings (SSSR count).